The molecule has 3 N–H and O–H groups in total. The van der Waals surface area contributed by atoms with Gasteiger partial charge < -0.3 is 10.5 Å². The molecule has 31 heavy (non-hydrogen) atoms. The second kappa shape index (κ2) is 8.75. The lowest BCUT2D eigenvalue weighted by molar-refractivity contribution is 0.0950. The number of anilines is 1. The summed E-state index contributed by atoms with van der Waals surface area (Å²) in [7, 11) is 0. The number of hydrogen-bond donors (Lipinski definition) is 2. The van der Waals surface area contributed by atoms with E-state index in [9.17, 15) is 4.79 Å². The van der Waals surface area contributed by atoms with Gasteiger partial charge in [-0.2, -0.15) is 9.78 Å². The third kappa shape index (κ3) is 4.14. The minimum atomic E-state index is -0.547. The van der Waals surface area contributed by atoms with Gasteiger partial charge in [-0.05, 0) is 47.7 Å². The first-order valence-electron chi connectivity index (χ1n) is 9.24. The molecular formula is C19H18N8O3S. The lowest BCUT2D eigenvalue weighted by Crippen LogP contribution is -2.20. The first-order valence-corrected chi connectivity index (χ1v) is 10.1. The predicted octanol–water partition coefficient (Wildman–Crippen LogP) is 2.51. The maximum atomic E-state index is 12.9. The van der Waals surface area contributed by atoms with E-state index in [1.54, 1.807) is 25.1 Å². The molecule has 0 spiro atoms. The van der Waals surface area contributed by atoms with Crippen LogP contribution in [0, 0.1) is 0 Å². The van der Waals surface area contributed by atoms with Crippen molar-refractivity contribution in [2.75, 3.05) is 12.3 Å². The molecule has 4 aromatic rings. The van der Waals surface area contributed by atoms with Crippen LogP contribution in [-0.4, -0.2) is 43.5 Å². The Morgan fingerprint density at radius 1 is 1.32 bits per heavy atom. The van der Waals surface area contributed by atoms with Crippen LogP contribution >= 0.6 is 11.3 Å². The van der Waals surface area contributed by atoms with Crippen molar-refractivity contribution in [1.82, 2.24) is 30.7 Å². The molecule has 0 aliphatic carbocycles. The van der Waals surface area contributed by atoms with Gasteiger partial charge in [-0.1, -0.05) is 23.4 Å². The minimum absolute atomic E-state index is 0.00521. The van der Waals surface area contributed by atoms with Gasteiger partial charge in [0.2, 0.25) is 11.6 Å². The number of hydrazone groups is 1. The second-order valence-electron chi connectivity index (χ2n) is 6.25. The highest BCUT2D eigenvalue weighted by molar-refractivity contribution is 7.12. The zero-order valence-electron chi connectivity index (χ0n) is 16.6. The number of nitrogen functional groups attached to an aromatic ring is 1. The van der Waals surface area contributed by atoms with Crippen LogP contribution in [-0.2, 0) is 0 Å². The maximum Gasteiger partial charge on any atom is 0.294 e. The summed E-state index contributed by atoms with van der Waals surface area (Å²) >= 11 is 1.52. The largest absolute Gasteiger partial charge is 0.494 e. The molecule has 1 aromatic carbocycles. The summed E-state index contributed by atoms with van der Waals surface area (Å²) in [6, 6.07) is 11.0. The van der Waals surface area contributed by atoms with Crippen LogP contribution in [0.4, 0.5) is 5.82 Å². The summed E-state index contributed by atoms with van der Waals surface area (Å²) in [6.07, 6.45) is 0. The molecule has 0 fully saturated rings. The molecule has 4 rings (SSSR count). The molecule has 0 bridgehead atoms. The fraction of sp³-hybridized carbons (Fsp3) is 0.158. The smallest absolute Gasteiger partial charge is 0.294 e. The number of carbonyl (C=O) groups excluding carboxylic acids is 1. The third-order valence-electron chi connectivity index (χ3n) is 4.20. The molecule has 0 saturated heterocycles. The number of benzene rings is 1. The molecular weight excluding hydrogens is 420 g/mol. The minimum Gasteiger partial charge on any atom is -0.494 e. The van der Waals surface area contributed by atoms with Crippen LogP contribution < -0.4 is 15.9 Å². The fourth-order valence-corrected chi connectivity index (χ4v) is 3.48. The first-order chi connectivity index (χ1) is 15.1. The normalized spacial score (nSPS) is 11.5. The number of nitrogens with two attached hydrogens (primary N) is 1. The fourth-order valence-electron chi connectivity index (χ4n) is 2.81. The highest BCUT2D eigenvalue weighted by atomic mass is 32.1. The standard InChI is InChI=1S/C19H18N8O3S/c1-3-29-13-7-4-6-12(10-13)16-15(22-26-27(16)18-17(20)24-30-25-18)19(28)23-21-11(2)14-8-5-9-31-14/h4-10H,3H2,1-2H3,(H2,20,24)(H,23,28). The second-order valence-corrected chi connectivity index (χ2v) is 7.20. The molecule has 11 nitrogen and oxygen atoms in total. The highest BCUT2D eigenvalue weighted by Crippen LogP contribution is 2.29. The number of carbonyl (C=O) groups is 1. The number of aromatic nitrogens is 5. The summed E-state index contributed by atoms with van der Waals surface area (Å²) in [5, 5.41) is 21.5. The van der Waals surface area contributed by atoms with Crippen molar-refractivity contribution in [1.29, 1.82) is 0 Å². The van der Waals surface area contributed by atoms with E-state index < -0.39 is 5.91 Å². The van der Waals surface area contributed by atoms with Gasteiger partial charge in [0.05, 0.1) is 12.3 Å². The monoisotopic (exact) mass is 438 g/mol. The maximum absolute atomic E-state index is 12.9. The summed E-state index contributed by atoms with van der Waals surface area (Å²) < 4.78 is 11.6. The molecule has 12 heteroatoms. The van der Waals surface area contributed by atoms with E-state index in [1.807, 2.05) is 30.5 Å². The van der Waals surface area contributed by atoms with Gasteiger partial charge in [0.1, 0.15) is 11.4 Å². The van der Waals surface area contributed by atoms with E-state index in [1.165, 1.54) is 16.0 Å². The zero-order chi connectivity index (χ0) is 21.8. The van der Waals surface area contributed by atoms with Crippen molar-refractivity contribution in [2.45, 2.75) is 13.8 Å². The van der Waals surface area contributed by atoms with Gasteiger partial charge in [0.25, 0.3) is 5.91 Å². The van der Waals surface area contributed by atoms with E-state index in [0.717, 1.165) is 4.88 Å². The summed E-state index contributed by atoms with van der Waals surface area (Å²) in [5.74, 6) is 0.193. The molecule has 0 radical (unpaired) electrons. The summed E-state index contributed by atoms with van der Waals surface area (Å²) in [4.78, 5) is 13.9. The first kappa shape index (κ1) is 20.2. The SMILES string of the molecule is CCOc1cccc(-c2c(C(=O)NN=C(C)c3cccs3)nnn2-c2nonc2N)c1. The van der Waals surface area contributed by atoms with Crippen molar-refractivity contribution in [3.8, 4) is 22.8 Å². The Hall–Kier alpha value is -4.06. The topological polar surface area (TPSA) is 146 Å². The van der Waals surface area contributed by atoms with E-state index in [-0.39, 0.29) is 17.3 Å². The van der Waals surface area contributed by atoms with Crippen molar-refractivity contribution < 1.29 is 14.2 Å². The lowest BCUT2D eigenvalue weighted by atomic mass is 10.1. The molecule has 1 amide bonds. The number of ether oxygens (including phenoxy) is 1. The molecule has 3 aromatic heterocycles. The van der Waals surface area contributed by atoms with Gasteiger partial charge in [-0.15, -0.1) is 16.4 Å². The van der Waals surface area contributed by atoms with Crippen molar-refractivity contribution in [2.24, 2.45) is 5.10 Å². The Morgan fingerprint density at radius 2 is 2.19 bits per heavy atom. The zero-order valence-corrected chi connectivity index (χ0v) is 17.5. The van der Waals surface area contributed by atoms with E-state index in [4.69, 9.17) is 10.5 Å². The average molecular weight is 438 g/mol. The van der Waals surface area contributed by atoms with Crippen LogP contribution in [0.2, 0.25) is 0 Å². The van der Waals surface area contributed by atoms with Gasteiger partial charge in [0.15, 0.2) is 5.69 Å². The van der Waals surface area contributed by atoms with Gasteiger partial charge in [-0.25, -0.2) is 10.1 Å². The van der Waals surface area contributed by atoms with Crippen molar-refractivity contribution in [3.63, 3.8) is 0 Å². The molecule has 0 saturated carbocycles. The van der Waals surface area contributed by atoms with Gasteiger partial charge in [-0.3, -0.25) is 4.79 Å². The highest BCUT2D eigenvalue weighted by Gasteiger charge is 2.25. The van der Waals surface area contributed by atoms with Crippen molar-refractivity contribution in [3.05, 3.63) is 52.3 Å². The lowest BCUT2D eigenvalue weighted by Gasteiger charge is -2.08. The number of rotatable bonds is 7. The summed E-state index contributed by atoms with van der Waals surface area (Å²) in [6.45, 7) is 4.18. The number of amides is 1. The Labute approximate surface area is 180 Å². The Bertz CT molecular complexity index is 1230. The average Bonchev–Trinajstić information content (AvgIpc) is 3.52. The molecule has 158 valence electrons. The quantitative estimate of drug-likeness (QED) is 0.330. The number of nitrogens with zero attached hydrogens (tertiary/aromatic N) is 6. The van der Waals surface area contributed by atoms with E-state index in [0.29, 0.717) is 29.3 Å². The van der Waals surface area contributed by atoms with Crippen LogP contribution in [0.15, 0.2) is 51.5 Å². The molecule has 0 aliphatic heterocycles. The van der Waals surface area contributed by atoms with Gasteiger partial charge in [0, 0.05) is 10.4 Å². The molecule has 0 unspecified atom stereocenters. The summed E-state index contributed by atoms with van der Waals surface area (Å²) in [5.41, 5.74) is 10.0. The van der Waals surface area contributed by atoms with Gasteiger partial charge >= 0.3 is 0 Å². The van der Waals surface area contributed by atoms with Crippen LogP contribution in [0.5, 0.6) is 5.75 Å². The third-order valence-corrected chi connectivity index (χ3v) is 5.18. The Morgan fingerprint density at radius 3 is 2.90 bits per heavy atom. The van der Waals surface area contributed by atoms with E-state index >= 15 is 0 Å². The molecule has 0 aliphatic rings. The molecule has 0 atom stereocenters. The Kier molecular flexibility index (Phi) is 5.71. The number of thiophene rings is 1. The van der Waals surface area contributed by atoms with Crippen molar-refractivity contribution >= 4 is 28.8 Å². The number of nitrogens with one attached hydrogen (secondary N) is 1. The van der Waals surface area contributed by atoms with Crippen LogP contribution in [0.25, 0.3) is 17.1 Å². The van der Waals surface area contributed by atoms with Crippen LogP contribution in [0.3, 0.4) is 0 Å². The Balaban J connectivity index is 1.75. The van der Waals surface area contributed by atoms with Crippen LogP contribution in [0.1, 0.15) is 29.2 Å². The number of hydrogen-bond acceptors (Lipinski definition) is 10. The van der Waals surface area contributed by atoms with E-state index in [2.05, 4.69) is 35.8 Å². The predicted molar refractivity (Wildman–Crippen MR) is 114 cm³/mol. The molecule has 3 heterocycles.